The highest BCUT2D eigenvalue weighted by Gasteiger charge is 2.53. The Morgan fingerprint density at radius 2 is 0.735 bits per heavy atom. The maximum atomic E-state index is 13.8. The molecule has 11 N–H and O–H groups in total. The molecule has 650 valence electrons. The van der Waals surface area contributed by atoms with Gasteiger partial charge in [-0.15, -0.1) is 0 Å². The van der Waals surface area contributed by atoms with Crippen molar-refractivity contribution in [2.75, 3.05) is 40.0 Å². The number of aliphatic hydroxyl groups excluding tert-OH is 4. The van der Waals surface area contributed by atoms with Gasteiger partial charge in [0.1, 0.15) is 98.8 Å². The molecule has 2 saturated heterocycles. The van der Waals surface area contributed by atoms with E-state index in [1.165, 1.54) is 34.1 Å². The lowest BCUT2D eigenvalue weighted by molar-refractivity contribution is -0.133. The SMILES string of the molecule is CC(C)(C)OC(=O)N1[C@H](CF)[C@@H](c2ccc(B(O)O)cc2)OC1(C)C.CC(C)(C)OC(=O)N1[C@H](CF)[C@@H](c2ccc(Br)cc2)OC1(C)C.CC(C)(C)OC(=O)N[C@H](CF)[C@H](O)c1ccc(Br)cc1.N[C@H](CF)[C@H](O)c1ccc(Br)cc1.O=C(N[C@H](CF)[C@H](O)c1ccc(Br)cc1)C(Cl)Cl.O=C(N[C@H](CF)[C@H](O)c1ccc(Br)cc1)C(F)F. The van der Waals surface area contributed by atoms with Gasteiger partial charge in [0, 0.05) is 22.4 Å². The summed E-state index contributed by atoms with van der Waals surface area (Å²) >= 11 is 27.0. The van der Waals surface area contributed by atoms with Crippen molar-refractivity contribution < 1.29 is 113 Å². The molecule has 0 spiro atoms. The van der Waals surface area contributed by atoms with Crippen LogP contribution < -0.4 is 27.1 Å². The number of nitrogens with two attached hydrogens (primary N) is 1. The number of alkyl halides is 10. The summed E-state index contributed by atoms with van der Waals surface area (Å²) in [4.78, 5) is 60.0. The second-order valence-electron chi connectivity index (χ2n) is 30.1. The van der Waals surface area contributed by atoms with Crippen LogP contribution in [0.3, 0.4) is 0 Å². The minimum Gasteiger partial charge on any atom is -0.444 e. The van der Waals surface area contributed by atoms with Gasteiger partial charge in [-0.25, -0.2) is 40.7 Å². The average molecular weight is 2020 g/mol. The number of amides is 5. The first-order valence-corrected chi connectivity index (χ1v) is 40.8. The van der Waals surface area contributed by atoms with Gasteiger partial charge in [0.2, 0.25) is 0 Å². The van der Waals surface area contributed by atoms with Crippen molar-refractivity contribution in [3.8, 4) is 0 Å². The molecule has 0 aliphatic carbocycles. The molecule has 6 aromatic carbocycles. The van der Waals surface area contributed by atoms with Crippen molar-refractivity contribution in [2.24, 2.45) is 5.73 Å². The van der Waals surface area contributed by atoms with Crippen LogP contribution in [0.1, 0.15) is 160 Å². The van der Waals surface area contributed by atoms with Gasteiger partial charge in [-0.1, -0.05) is 188 Å². The Balaban J connectivity index is 0.000000367. The fourth-order valence-electron chi connectivity index (χ4n) is 10.9. The molecule has 0 unspecified atom stereocenters. The molecule has 8 rings (SSSR count). The number of carbonyl (C=O) groups excluding carboxylic acids is 5. The summed E-state index contributed by atoms with van der Waals surface area (Å²) < 4.78 is 134. The van der Waals surface area contributed by atoms with E-state index in [4.69, 9.17) is 52.6 Å². The fourth-order valence-corrected chi connectivity index (χ4v) is 12.4. The average Bonchev–Trinajstić information content (AvgIpc) is 1.62. The van der Waals surface area contributed by atoms with Crippen LogP contribution in [-0.4, -0.2) is 193 Å². The van der Waals surface area contributed by atoms with Crippen LogP contribution in [-0.2, 0) is 33.3 Å². The van der Waals surface area contributed by atoms with Crippen molar-refractivity contribution in [3.63, 3.8) is 0 Å². The maximum Gasteiger partial charge on any atom is 0.488 e. The summed E-state index contributed by atoms with van der Waals surface area (Å²) in [5, 5.41) is 64.0. The third-order valence-corrected chi connectivity index (χ3v) is 19.5. The molecule has 117 heavy (non-hydrogen) atoms. The van der Waals surface area contributed by atoms with Gasteiger partial charge >= 0.3 is 31.8 Å². The van der Waals surface area contributed by atoms with Gasteiger partial charge < -0.3 is 75.8 Å². The molecule has 2 heterocycles. The van der Waals surface area contributed by atoms with Crippen molar-refractivity contribution >= 4 is 146 Å². The van der Waals surface area contributed by atoms with Crippen molar-refractivity contribution in [1.29, 1.82) is 0 Å². The van der Waals surface area contributed by atoms with E-state index < -0.39 is 190 Å². The Hall–Kier alpha value is -5.81. The van der Waals surface area contributed by atoms with Gasteiger partial charge in [0.05, 0.1) is 42.4 Å². The number of alkyl carbamates (subject to hydrolysis) is 1. The Labute approximate surface area is 728 Å². The predicted octanol–water partition coefficient (Wildman–Crippen LogP) is 16.6. The van der Waals surface area contributed by atoms with Crippen LogP contribution in [0.2, 0.25) is 0 Å². The zero-order chi connectivity index (χ0) is 89.0. The van der Waals surface area contributed by atoms with Crippen molar-refractivity contribution in [1.82, 2.24) is 25.8 Å². The molecule has 0 bridgehead atoms. The molecular formula is C79H100BBr5Cl2F8N6O16. The standard InChI is InChI=1S/C17H25BFNO5.C17H23BrFNO3.C14H19BrFNO3.C11H11BrCl2FNO2.C11H11BrF3NO2.C9H11BrFNO/c1-16(2,3)25-15(21)20-13(10-19)14(24-17(20,4)5)11-6-8-12(9-7-11)18(22)23;1-16(2,3)23-15(21)20-13(10-19)14(22-17(20,4)5)11-6-8-12(18)9-7-11;1-14(2,3)20-13(19)17-11(8-16)12(18)9-4-6-10(15)7-5-9;12-7-3-1-6(2-4-7)9(17)8(5-15)16-11(18)10(13)14;12-7-3-1-6(2-4-7)9(17)8(5-13)16-11(18)10(14)15;10-7-3-1-6(2-4-7)9(13)8(12)5-11/h6-9,13-14,22-23H,10H2,1-5H3;6-9,13-14H,10H2,1-5H3;4-7,11-12,18H,8H2,1-3H3,(H,17,19);2*1-4,8-10,17H,5H2,(H,16,18);1-4,8-9,13H,5,12H2/t2*13-,14-;11-,12-;3*8-,9-/m111111/s1. The van der Waals surface area contributed by atoms with E-state index in [2.05, 4.69) is 90.3 Å². The summed E-state index contributed by atoms with van der Waals surface area (Å²) in [6.45, 7) is 17.4. The van der Waals surface area contributed by atoms with Crippen LogP contribution in [0.4, 0.5) is 49.5 Å². The molecule has 5 amide bonds. The number of benzene rings is 6. The second-order valence-corrected chi connectivity index (χ2v) is 35.7. The Kier molecular flexibility index (Phi) is 43.9. The molecule has 0 radical (unpaired) electrons. The van der Waals surface area contributed by atoms with Gasteiger partial charge in [-0.2, -0.15) is 8.78 Å². The van der Waals surface area contributed by atoms with Crippen LogP contribution in [0.5, 0.6) is 0 Å². The number of aliphatic hydroxyl groups is 4. The topological polar surface area (TPSA) is 321 Å². The summed E-state index contributed by atoms with van der Waals surface area (Å²) in [7, 11) is -1.58. The first kappa shape index (κ1) is 105. The molecule has 0 aromatic heterocycles. The van der Waals surface area contributed by atoms with E-state index >= 15 is 0 Å². The number of hydrogen-bond donors (Lipinski definition) is 10. The van der Waals surface area contributed by atoms with Gasteiger partial charge in [0.15, 0.2) is 4.84 Å². The first-order valence-electron chi connectivity index (χ1n) is 35.9. The molecular weight excluding hydrogens is 1920 g/mol. The highest BCUT2D eigenvalue weighted by atomic mass is 79.9. The van der Waals surface area contributed by atoms with E-state index in [1.807, 2.05) is 24.3 Å². The van der Waals surface area contributed by atoms with E-state index in [1.54, 1.807) is 192 Å². The molecule has 22 nitrogen and oxygen atoms in total. The number of nitrogens with zero attached hydrogens (tertiary/aromatic N) is 2. The maximum absolute atomic E-state index is 13.8. The van der Waals surface area contributed by atoms with E-state index in [0.717, 1.165) is 27.9 Å². The number of nitrogens with one attached hydrogen (secondary N) is 3. The third kappa shape index (κ3) is 35.3. The second kappa shape index (κ2) is 48.7. The first-order chi connectivity index (χ1) is 54.3. The Morgan fingerprint density at radius 3 is 0.991 bits per heavy atom. The van der Waals surface area contributed by atoms with E-state index in [-0.39, 0.29) is 0 Å². The molecule has 2 aliphatic heterocycles. The fraction of sp³-hybridized carbons (Fsp3) is 0.481. The minimum absolute atomic E-state index is 0.321. The van der Waals surface area contributed by atoms with Crippen LogP contribution >= 0.6 is 103 Å². The van der Waals surface area contributed by atoms with Gasteiger partial charge in [0.25, 0.3) is 11.8 Å². The van der Waals surface area contributed by atoms with Crippen molar-refractivity contribution in [2.45, 2.75) is 202 Å². The van der Waals surface area contributed by atoms with Crippen LogP contribution in [0.15, 0.2) is 168 Å². The Bertz CT molecular complexity index is 3940. The molecule has 2 aliphatic rings. The van der Waals surface area contributed by atoms with Gasteiger partial charge in [-0.05, 0) is 190 Å². The predicted molar refractivity (Wildman–Crippen MR) is 449 cm³/mol. The zero-order valence-corrected chi connectivity index (χ0v) is 75.6. The largest absolute Gasteiger partial charge is 0.488 e. The summed E-state index contributed by atoms with van der Waals surface area (Å²) in [6.07, 6.45) is -11.0. The molecule has 6 aromatic rings. The number of rotatable bonds is 22. The number of hydrogen-bond acceptors (Lipinski definition) is 17. The monoisotopic (exact) mass is 2020 g/mol. The smallest absolute Gasteiger partial charge is 0.444 e. The van der Waals surface area contributed by atoms with E-state index in [0.29, 0.717) is 33.3 Å². The summed E-state index contributed by atoms with van der Waals surface area (Å²) in [5.41, 5.74) is 5.10. The minimum atomic E-state index is -3.24. The van der Waals surface area contributed by atoms with Crippen LogP contribution in [0, 0.1) is 0 Å². The highest BCUT2D eigenvalue weighted by molar-refractivity contribution is 9.11. The Morgan fingerprint density at radius 1 is 0.462 bits per heavy atom. The van der Waals surface area contributed by atoms with E-state index in [9.17, 15) is 89.6 Å². The lowest BCUT2D eigenvalue weighted by Gasteiger charge is -2.34. The van der Waals surface area contributed by atoms with Crippen LogP contribution in [0.25, 0.3) is 0 Å². The molecule has 0 saturated carbocycles. The van der Waals surface area contributed by atoms with Gasteiger partial charge in [-0.3, -0.25) is 19.4 Å². The normalized spacial score (nSPS) is 18.2. The number of carbonyl (C=O) groups is 5. The molecule has 2 fully saturated rings. The zero-order valence-electron chi connectivity index (χ0n) is 66.2. The lowest BCUT2D eigenvalue weighted by Crippen LogP contribution is -2.50. The third-order valence-electron chi connectivity index (χ3n) is 16.4. The summed E-state index contributed by atoms with van der Waals surface area (Å²) in [5.74, 6) is -2.34. The lowest BCUT2D eigenvalue weighted by atomic mass is 9.80. The number of halogens is 15. The molecule has 38 heteroatoms. The highest BCUT2D eigenvalue weighted by Crippen LogP contribution is 2.44. The molecule has 12 atom stereocenters. The number of ether oxygens (including phenoxy) is 5. The van der Waals surface area contributed by atoms with Crippen molar-refractivity contribution in [3.05, 3.63) is 201 Å². The quantitative estimate of drug-likeness (QED) is 0.0131. The summed E-state index contributed by atoms with van der Waals surface area (Å²) in [6, 6.07) is 34.6.